The Morgan fingerprint density at radius 3 is 2.45 bits per heavy atom. The van der Waals surface area contributed by atoms with E-state index in [-0.39, 0.29) is 31.2 Å². The van der Waals surface area contributed by atoms with E-state index < -0.39 is 11.9 Å². The Labute approximate surface area is 170 Å². The van der Waals surface area contributed by atoms with Gasteiger partial charge in [-0.05, 0) is 16.7 Å². The first-order valence-corrected chi connectivity index (χ1v) is 9.74. The van der Waals surface area contributed by atoms with Crippen LogP contribution in [0.3, 0.4) is 0 Å². The number of rotatable bonds is 8. The largest absolute Gasteiger partial charge is 0.370 e. The summed E-state index contributed by atoms with van der Waals surface area (Å²) >= 11 is 0. The summed E-state index contributed by atoms with van der Waals surface area (Å²) in [5, 5.41) is 5.47. The fourth-order valence-electron chi connectivity index (χ4n) is 3.41. The molecule has 0 unspecified atom stereocenters. The quantitative estimate of drug-likeness (QED) is 0.622. The average Bonchev–Trinajstić information content (AvgIpc) is 2.71. The summed E-state index contributed by atoms with van der Waals surface area (Å²) in [4.78, 5) is 37.3. The standard InChI is InChI=1S/C22H26N4O3/c23-20(27)10-11-24-21(28)14-19-22(29)25-12-13-26(19)15-16-6-8-18(9-7-16)17-4-2-1-3-5-17/h1-9,19H,10-15H2,(H2,23,27)(H,24,28)(H,25,29)/t19-/m1/s1. The second kappa shape index (κ2) is 9.84. The smallest absolute Gasteiger partial charge is 0.237 e. The fourth-order valence-corrected chi connectivity index (χ4v) is 3.41. The molecule has 3 amide bonds. The third kappa shape index (κ3) is 5.89. The van der Waals surface area contributed by atoms with Crippen LogP contribution in [0, 0.1) is 0 Å². The number of piperazine rings is 1. The highest BCUT2D eigenvalue weighted by molar-refractivity contribution is 5.89. The molecule has 4 N–H and O–H groups in total. The van der Waals surface area contributed by atoms with Crippen molar-refractivity contribution in [3.05, 3.63) is 60.2 Å². The zero-order chi connectivity index (χ0) is 20.6. The molecular formula is C22H26N4O3. The average molecular weight is 394 g/mol. The number of amides is 3. The lowest BCUT2D eigenvalue weighted by Crippen LogP contribution is -2.56. The van der Waals surface area contributed by atoms with Crippen LogP contribution in [0.25, 0.3) is 11.1 Å². The highest BCUT2D eigenvalue weighted by Gasteiger charge is 2.31. The Hall–Kier alpha value is -3.19. The molecule has 1 atom stereocenters. The monoisotopic (exact) mass is 394 g/mol. The first kappa shape index (κ1) is 20.5. The summed E-state index contributed by atoms with van der Waals surface area (Å²) < 4.78 is 0. The van der Waals surface area contributed by atoms with Crippen LogP contribution in [0.15, 0.2) is 54.6 Å². The van der Waals surface area contributed by atoms with Gasteiger partial charge in [0.05, 0.1) is 12.5 Å². The van der Waals surface area contributed by atoms with E-state index in [1.807, 2.05) is 23.1 Å². The summed E-state index contributed by atoms with van der Waals surface area (Å²) in [5.74, 6) is -0.888. The molecule has 7 nitrogen and oxygen atoms in total. The van der Waals surface area contributed by atoms with Crippen LogP contribution in [0.4, 0.5) is 0 Å². The predicted molar refractivity (Wildman–Crippen MR) is 111 cm³/mol. The van der Waals surface area contributed by atoms with Gasteiger partial charge in [-0.3, -0.25) is 19.3 Å². The van der Waals surface area contributed by atoms with E-state index >= 15 is 0 Å². The molecule has 0 saturated carbocycles. The van der Waals surface area contributed by atoms with E-state index in [0.717, 1.165) is 16.7 Å². The number of nitrogens with one attached hydrogen (secondary N) is 2. The minimum absolute atomic E-state index is 0.0483. The number of carbonyl (C=O) groups excluding carboxylic acids is 3. The molecule has 29 heavy (non-hydrogen) atoms. The summed E-state index contributed by atoms with van der Waals surface area (Å²) in [6.07, 6.45) is 0.132. The van der Waals surface area contributed by atoms with E-state index in [0.29, 0.717) is 19.6 Å². The Morgan fingerprint density at radius 2 is 1.76 bits per heavy atom. The second-order valence-corrected chi connectivity index (χ2v) is 7.11. The maximum atomic E-state index is 12.3. The van der Waals surface area contributed by atoms with E-state index in [4.69, 9.17) is 5.73 Å². The van der Waals surface area contributed by atoms with Crippen LogP contribution < -0.4 is 16.4 Å². The Kier molecular flexibility index (Phi) is 6.97. The molecule has 1 aliphatic heterocycles. The molecule has 0 radical (unpaired) electrons. The van der Waals surface area contributed by atoms with Crippen LogP contribution in [-0.4, -0.2) is 48.3 Å². The van der Waals surface area contributed by atoms with Gasteiger partial charge in [-0.1, -0.05) is 54.6 Å². The zero-order valence-corrected chi connectivity index (χ0v) is 16.3. The lowest BCUT2D eigenvalue weighted by atomic mass is 10.0. The highest BCUT2D eigenvalue weighted by atomic mass is 16.2. The molecule has 2 aromatic carbocycles. The van der Waals surface area contributed by atoms with Gasteiger partial charge in [0, 0.05) is 32.6 Å². The Morgan fingerprint density at radius 1 is 1.07 bits per heavy atom. The Bertz CT molecular complexity index is 852. The van der Waals surface area contributed by atoms with Crippen molar-refractivity contribution in [1.82, 2.24) is 15.5 Å². The number of nitrogens with two attached hydrogens (primary N) is 1. The third-order valence-electron chi connectivity index (χ3n) is 4.96. The van der Waals surface area contributed by atoms with Crippen LogP contribution in [-0.2, 0) is 20.9 Å². The predicted octanol–water partition coefficient (Wildman–Crippen LogP) is 1.04. The van der Waals surface area contributed by atoms with Crippen molar-refractivity contribution >= 4 is 17.7 Å². The van der Waals surface area contributed by atoms with Gasteiger partial charge < -0.3 is 16.4 Å². The normalized spacial score (nSPS) is 16.8. The van der Waals surface area contributed by atoms with Crippen LogP contribution >= 0.6 is 0 Å². The molecule has 1 heterocycles. The Balaban J connectivity index is 1.62. The molecule has 1 saturated heterocycles. The summed E-state index contributed by atoms with van der Waals surface area (Å²) in [6.45, 7) is 2.00. The molecule has 1 aliphatic rings. The maximum absolute atomic E-state index is 12.3. The lowest BCUT2D eigenvalue weighted by Gasteiger charge is -2.34. The SMILES string of the molecule is NC(=O)CCNC(=O)C[C@@H]1C(=O)NCCN1Cc1ccc(-c2ccccc2)cc1. The van der Waals surface area contributed by atoms with Crippen molar-refractivity contribution in [1.29, 1.82) is 0 Å². The highest BCUT2D eigenvalue weighted by Crippen LogP contribution is 2.21. The van der Waals surface area contributed by atoms with Gasteiger partial charge in [0.25, 0.3) is 0 Å². The molecular weight excluding hydrogens is 368 g/mol. The van der Waals surface area contributed by atoms with Crippen molar-refractivity contribution in [2.24, 2.45) is 5.73 Å². The minimum atomic E-state index is -0.536. The van der Waals surface area contributed by atoms with Crippen molar-refractivity contribution in [3.8, 4) is 11.1 Å². The van der Waals surface area contributed by atoms with Gasteiger partial charge in [-0.15, -0.1) is 0 Å². The molecule has 1 fully saturated rings. The minimum Gasteiger partial charge on any atom is -0.370 e. The van der Waals surface area contributed by atoms with Gasteiger partial charge in [-0.25, -0.2) is 0 Å². The number of hydrogen-bond donors (Lipinski definition) is 3. The molecule has 0 aromatic heterocycles. The van der Waals surface area contributed by atoms with Gasteiger partial charge in [0.2, 0.25) is 17.7 Å². The van der Waals surface area contributed by atoms with Crippen molar-refractivity contribution in [3.63, 3.8) is 0 Å². The maximum Gasteiger partial charge on any atom is 0.237 e. The summed E-state index contributed by atoms with van der Waals surface area (Å²) in [6, 6.07) is 17.9. The molecule has 152 valence electrons. The van der Waals surface area contributed by atoms with Gasteiger partial charge in [-0.2, -0.15) is 0 Å². The van der Waals surface area contributed by atoms with E-state index in [1.165, 1.54) is 0 Å². The fraction of sp³-hybridized carbons (Fsp3) is 0.318. The molecule has 7 heteroatoms. The van der Waals surface area contributed by atoms with E-state index in [9.17, 15) is 14.4 Å². The van der Waals surface area contributed by atoms with Gasteiger partial charge in [0.15, 0.2) is 0 Å². The van der Waals surface area contributed by atoms with Crippen LogP contribution in [0.5, 0.6) is 0 Å². The number of carbonyl (C=O) groups is 3. The van der Waals surface area contributed by atoms with Gasteiger partial charge in [0.1, 0.15) is 0 Å². The molecule has 0 aliphatic carbocycles. The second-order valence-electron chi connectivity index (χ2n) is 7.11. The van der Waals surface area contributed by atoms with E-state index in [2.05, 4.69) is 47.0 Å². The summed E-state index contributed by atoms with van der Waals surface area (Å²) in [7, 11) is 0. The van der Waals surface area contributed by atoms with E-state index in [1.54, 1.807) is 0 Å². The molecule has 0 bridgehead atoms. The number of benzene rings is 2. The van der Waals surface area contributed by atoms with Crippen molar-refractivity contribution in [2.75, 3.05) is 19.6 Å². The summed E-state index contributed by atoms with van der Waals surface area (Å²) in [5.41, 5.74) is 8.45. The number of nitrogens with zero attached hydrogens (tertiary/aromatic N) is 1. The van der Waals surface area contributed by atoms with Gasteiger partial charge >= 0.3 is 0 Å². The zero-order valence-electron chi connectivity index (χ0n) is 16.3. The first-order chi connectivity index (χ1) is 14.0. The van der Waals surface area contributed by atoms with Crippen molar-refractivity contribution < 1.29 is 14.4 Å². The van der Waals surface area contributed by atoms with Crippen LogP contribution in [0.1, 0.15) is 18.4 Å². The molecule has 3 rings (SSSR count). The lowest BCUT2D eigenvalue weighted by molar-refractivity contribution is -0.134. The van der Waals surface area contributed by atoms with Crippen molar-refractivity contribution in [2.45, 2.75) is 25.4 Å². The number of hydrogen-bond acceptors (Lipinski definition) is 4. The third-order valence-corrected chi connectivity index (χ3v) is 4.96. The molecule has 0 spiro atoms. The number of primary amides is 1. The molecule has 2 aromatic rings. The first-order valence-electron chi connectivity index (χ1n) is 9.74. The van der Waals surface area contributed by atoms with Crippen LogP contribution in [0.2, 0.25) is 0 Å². The topological polar surface area (TPSA) is 105 Å².